The molecule has 0 bridgehead atoms. The summed E-state index contributed by atoms with van der Waals surface area (Å²) >= 11 is 0. The van der Waals surface area contributed by atoms with Gasteiger partial charge in [0.1, 0.15) is 17.7 Å². The van der Waals surface area contributed by atoms with Gasteiger partial charge in [0, 0.05) is 6.42 Å². The lowest BCUT2D eigenvalue weighted by Crippen LogP contribution is -2.30. The first kappa shape index (κ1) is 26.4. The van der Waals surface area contributed by atoms with Crippen molar-refractivity contribution in [2.45, 2.75) is 12.5 Å². The third-order valence-corrected chi connectivity index (χ3v) is 6.55. The van der Waals surface area contributed by atoms with Gasteiger partial charge in [0.2, 0.25) is 0 Å². The molecule has 1 heterocycles. The predicted molar refractivity (Wildman–Crippen MR) is 154 cm³/mol. The molecule has 4 aromatic rings. The molecular formula is C31H28N4O5. The number of methoxy groups -OCH3 is 2. The molecule has 5 rings (SSSR count). The number of carbonyl (C=O) groups is 2. The maximum Gasteiger partial charge on any atom is 0.283 e. The molecule has 1 unspecified atom stereocenters. The zero-order valence-electron chi connectivity index (χ0n) is 22.1. The monoisotopic (exact) mass is 536 g/mol. The van der Waals surface area contributed by atoms with Crippen LogP contribution in [0.2, 0.25) is 0 Å². The van der Waals surface area contributed by atoms with E-state index in [0.29, 0.717) is 17.9 Å². The van der Waals surface area contributed by atoms with E-state index in [0.717, 1.165) is 39.6 Å². The summed E-state index contributed by atoms with van der Waals surface area (Å²) in [6.45, 7) is -0.389. The van der Waals surface area contributed by atoms with Crippen molar-refractivity contribution in [1.82, 2.24) is 5.01 Å². The second-order valence-corrected chi connectivity index (χ2v) is 9.04. The Bertz CT molecular complexity index is 1580. The second-order valence-electron chi connectivity index (χ2n) is 9.04. The minimum atomic E-state index is -0.522. The first-order valence-corrected chi connectivity index (χ1v) is 12.7. The molecule has 0 aliphatic carbocycles. The van der Waals surface area contributed by atoms with Crippen LogP contribution in [0.25, 0.3) is 10.8 Å². The Kier molecular flexibility index (Phi) is 8.01. The predicted octanol–water partition coefficient (Wildman–Crippen LogP) is 5.18. The zero-order chi connectivity index (χ0) is 27.9. The maximum absolute atomic E-state index is 13.2. The van der Waals surface area contributed by atoms with E-state index in [9.17, 15) is 9.59 Å². The molecule has 4 aromatic carbocycles. The van der Waals surface area contributed by atoms with Gasteiger partial charge >= 0.3 is 0 Å². The van der Waals surface area contributed by atoms with Crippen molar-refractivity contribution >= 4 is 40.2 Å². The summed E-state index contributed by atoms with van der Waals surface area (Å²) in [5.74, 6) is 0.322. The van der Waals surface area contributed by atoms with E-state index < -0.39 is 5.91 Å². The highest BCUT2D eigenvalue weighted by atomic mass is 16.6. The molecule has 1 atom stereocenters. The average Bonchev–Trinajstić information content (AvgIpc) is 3.45. The smallest absolute Gasteiger partial charge is 0.283 e. The number of nitrogens with one attached hydrogen (secondary N) is 1. The van der Waals surface area contributed by atoms with Crippen LogP contribution in [-0.2, 0) is 14.4 Å². The molecule has 0 radical (unpaired) electrons. The molecule has 0 saturated carbocycles. The first-order chi connectivity index (χ1) is 19.6. The summed E-state index contributed by atoms with van der Waals surface area (Å²) < 4.78 is 10.5. The Morgan fingerprint density at radius 3 is 2.48 bits per heavy atom. The van der Waals surface area contributed by atoms with Gasteiger partial charge in [0.15, 0.2) is 6.61 Å². The molecule has 0 fully saturated rings. The minimum Gasteiger partial charge on any atom is -0.497 e. The quantitative estimate of drug-likeness (QED) is 0.235. The normalized spacial score (nSPS) is 14.7. The standard InChI is InChI=1S/C31H28N4O5/c1-38-25-15-13-22(14-16-25)28-18-27(24-12-11-21-7-3-4-8-23(21)17-24)34-35(28)31(37)20-40-32-19-30(36)33-26-9-5-6-10-29(26)39-2/h3-17,19,28H,18,20H2,1-2H3,(H,33,36). The molecule has 0 aromatic heterocycles. The Hall–Kier alpha value is -5.18. The lowest BCUT2D eigenvalue weighted by molar-refractivity contribution is -0.138. The number of hydrogen-bond donors (Lipinski definition) is 1. The number of oxime groups is 1. The third-order valence-electron chi connectivity index (χ3n) is 6.55. The highest BCUT2D eigenvalue weighted by Gasteiger charge is 2.33. The SMILES string of the molecule is COc1ccc(C2CC(c3ccc4ccccc4c3)=NN2C(=O)CON=CC(=O)Nc2ccccc2OC)cc1. The largest absolute Gasteiger partial charge is 0.497 e. The number of ether oxygens (including phenoxy) is 2. The molecular weight excluding hydrogens is 508 g/mol. The molecule has 40 heavy (non-hydrogen) atoms. The fourth-order valence-electron chi connectivity index (χ4n) is 4.53. The molecule has 202 valence electrons. The van der Waals surface area contributed by atoms with Crippen molar-refractivity contribution in [3.63, 3.8) is 0 Å². The Morgan fingerprint density at radius 1 is 0.950 bits per heavy atom. The summed E-state index contributed by atoms with van der Waals surface area (Å²) in [5, 5.41) is 14.7. The van der Waals surface area contributed by atoms with Crippen molar-refractivity contribution in [3.05, 3.63) is 102 Å². The average molecular weight is 537 g/mol. The van der Waals surface area contributed by atoms with Gasteiger partial charge in [-0.25, -0.2) is 5.01 Å². The van der Waals surface area contributed by atoms with E-state index in [2.05, 4.69) is 22.6 Å². The van der Waals surface area contributed by atoms with Crippen LogP contribution < -0.4 is 14.8 Å². The van der Waals surface area contributed by atoms with Crippen molar-refractivity contribution in [1.29, 1.82) is 0 Å². The van der Waals surface area contributed by atoms with E-state index in [-0.39, 0.29) is 18.6 Å². The molecule has 0 spiro atoms. The Balaban J connectivity index is 1.30. The number of hydrogen-bond acceptors (Lipinski definition) is 7. The van der Waals surface area contributed by atoms with E-state index in [4.69, 9.17) is 19.4 Å². The van der Waals surface area contributed by atoms with Gasteiger partial charge in [-0.1, -0.05) is 65.8 Å². The van der Waals surface area contributed by atoms with Crippen molar-refractivity contribution < 1.29 is 23.9 Å². The fraction of sp³-hybridized carbons (Fsp3) is 0.161. The fourth-order valence-corrected chi connectivity index (χ4v) is 4.53. The zero-order valence-corrected chi connectivity index (χ0v) is 22.1. The van der Waals surface area contributed by atoms with Crippen molar-refractivity contribution in [2.75, 3.05) is 26.1 Å². The van der Waals surface area contributed by atoms with E-state index in [1.807, 2.05) is 54.6 Å². The number of hydrazone groups is 1. The van der Waals surface area contributed by atoms with Crippen LogP contribution in [0.3, 0.4) is 0 Å². The van der Waals surface area contributed by atoms with Gasteiger partial charge in [-0.05, 0) is 52.2 Å². The summed E-state index contributed by atoms with van der Waals surface area (Å²) in [7, 11) is 3.12. The van der Waals surface area contributed by atoms with Crippen LogP contribution in [-0.4, -0.2) is 49.6 Å². The molecule has 1 N–H and O–H groups in total. The molecule has 0 saturated heterocycles. The number of anilines is 1. The third kappa shape index (κ3) is 5.94. The summed E-state index contributed by atoms with van der Waals surface area (Å²) in [6, 6.07) is 28.5. The van der Waals surface area contributed by atoms with E-state index >= 15 is 0 Å². The van der Waals surface area contributed by atoms with E-state index in [1.165, 1.54) is 12.1 Å². The second kappa shape index (κ2) is 12.1. The summed E-state index contributed by atoms with van der Waals surface area (Å²) in [6.07, 6.45) is 1.50. The lowest BCUT2D eigenvalue weighted by atomic mass is 9.97. The molecule has 2 amide bonds. The lowest BCUT2D eigenvalue weighted by Gasteiger charge is -2.21. The van der Waals surface area contributed by atoms with E-state index in [1.54, 1.807) is 31.4 Å². The number of nitrogens with zero attached hydrogens (tertiary/aromatic N) is 3. The van der Waals surface area contributed by atoms with Crippen LogP contribution >= 0.6 is 0 Å². The number of carbonyl (C=O) groups excluding carboxylic acids is 2. The Labute approximate surface area is 231 Å². The first-order valence-electron chi connectivity index (χ1n) is 12.7. The van der Waals surface area contributed by atoms with Crippen LogP contribution in [0.1, 0.15) is 23.6 Å². The van der Waals surface area contributed by atoms with Gasteiger partial charge in [-0.3, -0.25) is 9.59 Å². The number of rotatable bonds is 9. The summed E-state index contributed by atoms with van der Waals surface area (Å²) in [5.41, 5.74) is 3.14. The van der Waals surface area contributed by atoms with Crippen LogP contribution in [0, 0.1) is 0 Å². The van der Waals surface area contributed by atoms with Gasteiger partial charge in [0.25, 0.3) is 11.8 Å². The minimum absolute atomic E-state index is 0.332. The highest BCUT2D eigenvalue weighted by Crippen LogP contribution is 2.34. The van der Waals surface area contributed by atoms with Crippen LogP contribution in [0.5, 0.6) is 11.5 Å². The molecule has 9 heteroatoms. The van der Waals surface area contributed by atoms with Crippen LogP contribution in [0.15, 0.2) is 101 Å². The van der Waals surface area contributed by atoms with Gasteiger partial charge in [-0.15, -0.1) is 0 Å². The molecule has 9 nitrogen and oxygen atoms in total. The number of benzene rings is 4. The number of fused-ring (bicyclic) bond motifs is 1. The van der Waals surface area contributed by atoms with Gasteiger partial charge in [-0.2, -0.15) is 5.10 Å². The maximum atomic E-state index is 13.2. The summed E-state index contributed by atoms with van der Waals surface area (Å²) in [4.78, 5) is 30.7. The van der Waals surface area contributed by atoms with Crippen molar-refractivity contribution in [3.8, 4) is 11.5 Å². The van der Waals surface area contributed by atoms with Gasteiger partial charge in [0.05, 0.1) is 31.7 Å². The Morgan fingerprint density at radius 2 is 1.70 bits per heavy atom. The number of amides is 2. The van der Waals surface area contributed by atoms with Gasteiger partial charge < -0.3 is 19.6 Å². The molecule has 1 aliphatic heterocycles. The van der Waals surface area contributed by atoms with Crippen molar-refractivity contribution in [2.24, 2.45) is 10.3 Å². The number of para-hydroxylation sites is 2. The topological polar surface area (TPSA) is 102 Å². The van der Waals surface area contributed by atoms with Crippen LogP contribution in [0.4, 0.5) is 5.69 Å². The molecule has 1 aliphatic rings. The highest BCUT2D eigenvalue weighted by molar-refractivity contribution is 6.31.